The van der Waals surface area contributed by atoms with Gasteiger partial charge in [0.25, 0.3) is 0 Å². The minimum absolute atomic E-state index is 0.419. The molecular weight excluding hydrogens is 466 g/mol. The quantitative estimate of drug-likeness (QED) is 0.258. The van der Waals surface area contributed by atoms with Crippen LogP contribution >= 0.6 is 0 Å². The van der Waals surface area contributed by atoms with Crippen LogP contribution < -0.4 is 23.7 Å². The number of rotatable bonds is 15. The van der Waals surface area contributed by atoms with E-state index < -0.39 is 0 Å². The van der Waals surface area contributed by atoms with Crippen molar-refractivity contribution in [2.45, 2.75) is 38.6 Å². The van der Waals surface area contributed by atoms with Gasteiger partial charge in [0, 0.05) is 19.1 Å². The van der Waals surface area contributed by atoms with Crippen LogP contribution in [0, 0.1) is 0 Å². The van der Waals surface area contributed by atoms with Crippen molar-refractivity contribution in [3.05, 3.63) is 77.4 Å². The number of hydrogen-bond acceptors (Lipinski definition) is 6. The highest BCUT2D eigenvalue weighted by Crippen LogP contribution is 2.29. The summed E-state index contributed by atoms with van der Waals surface area (Å²) < 4.78 is 27.1. The maximum atomic E-state index is 5.51. The summed E-state index contributed by atoms with van der Waals surface area (Å²) in [5.41, 5.74) is 3.79. The first-order valence-corrected chi connectivity index (χ1v) is 12.8. The fraction of sp³-hybridized carbons (Fsp3) is 0.419. The lowest BCUT2D eigenvalue weighted by atomic mass is 10.0. The van der Waals surface area contributed by atoms with E-state index in [0.29, 0.717) is 6.04 Å². The Morgan fingerprint density at radius 3 is 1.43 bits per heavy atom. The molecule has 0 aliphatic carbocycles. The number of ether oxygens (including phenoxy) is 5. The predicted octanol–water partition coefficient (Wildman–Crippen LogP) is 5.84. The van der Waals surface area contributed by atoms with Crippen LogP contribution in [0.2, 0.25) is 0 Å². The van der Waals surface area contributed by atoms with E-state index in [2.05, 4.69) is 48.2 Å². The van der Waals surface area contributed by atoms with Crippen molar-refractivity contribution in [1.82, 2.24) is 4.90 Å². The summed E-state index contributed by atoms with van der Waals surface area (Å²) in [6, 6.07) is 21.2. The fourth-order valence-electron chi connectivity index (χ4n) is 4.52. The van der Waals surface area contributed by atoms with Crippen molar-refractivity contribution < 1.29 is 23.7 Å². The van der Waals surface area contributed by atoms with E-state index in [9.17, 15) is 0 Å². The molecule has 200 valence electrons. The van der Waals surface area contributed by atoms with Gasteiger partial charge < -0.3 is 23.7 Å². The Morgan fingerprint density at radius 1 is 0.541 bits per heavy atom. The zero-order valence-electron chi connectivity index (χ0n) is 23.1. The van der Waals surface area contributed by atoms with Gasteiger partial charge in [-0.15, -0.1) is 0 Å². The van der Waals surface area contributed by atoms with E-state index in [1.54, 1.807) is 35.5 Å². The topological polar surface area (TPSA) is 49.4 Å². The first kappa shape index (κ1) is 28.2. The molecule has 3 rings (SSSR count). The minimum atomic E-state index is 0.419. The van der Waals surface area contributed by atoms with E-state index in [1.165, 1.54) is 16.7 Å². The Morgan fingerprint density at radius 2 is 1.00 bits per heavy atom. The van der Waals surface area contributed by atoms with Gasteiger partial charge in [0.05, 0.1) is 35.5 Å². The number of aryl methyl sites for hydroxylation is 1. The van der Waals surface area contributed by atoms with Crippen LogP contribution in [0.25, 0.3) is 0 Å². The molecule has 0 aliphatic heterocycles. The SMILES string of the molecule is COc1ccc(CCC(C)N(CCc2ccc(OC)c(OC)c2)CCc2ccc(OC)c(OC)c2)cc1. The second-order valence-electron chi connectivity index (χ2n) is 9.15. The third-order valence-electron chi connectivity index (χ3n) is 6.90. The molecule has 0 amide bonds. The Hall–Kier alpha value is -3.38. The van der Waals surface area contributed by atoms with E-state index in [0.717, 1.165) is 67.5 Å². The second-order valence-corrected chi connectivity index (χ2v) is 9.15. The number of methoxy groups -OCH3 is 5. The monoisotopic (exact) mass is 507 g/mol. The lowest BCUT2D eigenvalue weighted by Gasteiger charge is -2.29. The van der Waals surface area contributed by atoms with E-state index >= 15 is 0 Å². The first-order chi connectivity index (χ1) is 18.0. The molecule has 0 aromatic heterocycles. The molecule has 1 atom stereocenters. The van der Waals surface area contributed by atoms with Gasteiger partial charge in [0.1, 0.15) is 5.75 Å². The largest absolute Gasteiger partial charge is 0.497 e. The Balaban J connectivity index is 1.69. The van der Waals surface area contributed by atoms with Crippen molar-refractivity contribution in [3.8, 4) is 28.7 Å². The first-order valence-electron chi connectivity index (χ1n) is 12.8. The second kappa shape index (κ2) is 14.4. The maximum absolute atomic E-state index is 5.51. The van der Waals surface area contributed by atoms with Crippen molar-refractivity contribution in [2.24, 2.45) is 0 Å². The average Bonchev–Trinajstić information content (AvgIpc) is 2.95. The summed E-state index contributed by atoms with van der Waals surface area (Å²) in [7, 11) is 8.39. The lowest BCUT2D eigenvalue weighted by molar-refractivity contribution is 0.204. The van der Waals surface area contributed by atoms with E-state index in [4.69, 9.17) is 23.7 Å². The summed E-state index contributed by atoms with van der Waals surface area (Å²) >= 11 is 0. The van der Waals surface area contributed by atoms with Crippen LogP contribution in [0.5, 0.6) is 28.7 Å². The third-order valence-corrected chi connectivity index (χ3v) is 6.90. The summed E-state index contributed by atoms with van der Waals surface area (Å²) in [6.07, 6.45) is 3.96. The fourth-order valence-corrected chi connectivity index (χ4v) is 4.52. The van der Waals surface area contributed by atoms with Crippen LogP contribution in [-0.2, 0) is 19.3 Å². The van der Waals surface area contributed by atoms with Gasteiger partial charge >= 0.3 is 0 Å². The molecule has 0 heterocycles. The zero-order valence-corrected chi connectivity index (χ0v) is 23.1. The molecule has 0 radical (unpaired) electrons. The highest BCUT2D eigenvalue weighted by molar-refractivity contribution is 5.43. The Bertz CT molecular complexity index is 1040. The highest BCUT2D eigenvalue weighted by Gasteiger charge is 2.16. The van der Waals surface area contributed by atoms with Crippen molar-refractivity contribution >= 4 is 0 Å². The van der Waals surface area contributed by atoms with Gasteiger partial charge in [-0.05, 0) is 85.7 Å². The number of hydrogen-bond donors (Lipinski definition) is 0. The van der Waals surface area contributed by atoms with Gasteiger partial charge in [0.15, 0.2) is 23.0 Å². The van der Waals surface area contributed by atoms with Gasteiger partial charge in [-0.25, -0.2) is 0 Å². The molecule has 0 saturated heterocycles. The number of benzene rings is 3. The average molecular weight is 508 g/mol. The molecule has 6 nitrogen and oxygen atoms in total. The summed E-state index contributed by atoms with van der Waals surface area (Å²) in [6.45, 7) is 4.23. The van der Waals surface area contributed by atoms with Crippen LogP contribution in [0.4, 0.5) is 0 Å². The van der Waals surface area contributed by atoms with Gasteiger partial charge in [-0.3, -0.25) is 4.90 Å². The Kier molecular flexibility index (Phi) is 11.0. The molecule has 3 aromatic rings. The van der Waals surface area contributed by atoms with E-state index in [-0.39, 0.29) is 0 Å². The minimum Gasteiger partial charge on any atom is -0.497 e. The van der Waals surface area contributed by atoms with Crippen LogP contribution in [0.1, 0.15) is 30.0 Å². The van der Waals surface area contributed by atoms with Crippen LogP contribution in [0.3, 0.4) is 0 Å². The summed E-state index contributed by atoms with van der Waals surface area (Å²) in [5.74, 6) is 3.94. The summed E-state index contributed by atoms with van der Waals surface area (Å²) in [5, 5.41) is 0. The molecule has 0 saturated carbocycles. The molecule has 6 heteroatoms. The third kappa shape index (κ3) is 8.05. The predicted molar refractivity (Wildman–Crippen MR) is 149 cm³/mol. The molecule has 0 spiro atoms. The molecule has 0 fully saturated rings. The maximum Gasteiger partial charge on any atom is 0.160 e. The normalized spacial score (nSPS) is 11.8. The lowest BCUT2D eigenvalue weighted by Crippen LogP contribution is -2.37. The molecule has 0 bridgehead atoms. The molecule has 0 aliphatic rings. The van der Waals surface area contributed by atoms with Gasteiger partial charge in [-0.1, -0.05) is 24.3 Å². The van der Waals surface area contributed by atoms with Gasteiger partial charge in [0.2, 0.25) is 0 Å². The van der Waals surface area contributed by atoms with Crippen LogP contribution in [0.15, 0.2) is 60.7 Å². The van der Waals surface area contributed by atoms with Crippen molar-refractivity contribution in [3.63, 3.8) is 0 Å². The van der Waals surface area contributed by atoms with Crippen LogP contribution in [-0.4, -0.2) is 59.6 Å². The van der Waals surface area contributed by atoms with Crippen molar-refractivity contribution in [1.29, 1.82) is 0 Å². The highest BCUT2D eigenvalue weighted by atomic mass is 16.5. The molecule has 3 aromatic carbocycles. The summed E-state index contributed by atoms with van der Waals surface area (Å²) in [4.78, 5) is 2.58. The standard InChI is InChI=1S/C31H41NO5/c1-23(7-8-24-9-13-27(33-2)14-10-24)32(19-17-25-11-15-28(34-3)30(21-25)36-5)20-18-26-12-16-29(35-4)31(22-26)37-6/h9-16,21-23H,7-8,17-20H2,1-6H3. The number of nitrogens with zero attached hydrogens (tertiary/aromatic N) is 1. The molecule has 1 unspecified atom stereocenters. The molecular formula is C31H41NO5. The Labute approximate surface area is 222 Å². The smallest absolute Gasteiger partial charge is 0.160 e. The molecule has 37 heavy (non-hydrogen) atoms. The van der Waals surface area contributed by atoms with Gasteiger partial charge in [-0.2, -0.15) is 0 Å². The zero-order chi connectivity index (χ0) is 26.6. The molecule has 0 N–H and O–H groups in total. The van der Waals surface area contributed by atoms with E-state index in [1.807, 2.05) is 24.3 Å². The van der Waals surface area contributed by atoms with Crippen molar-refractivity contribution in [2.75, 3.05) is 48.6 Å².